The van der Waals surface area contributed by atoms with Crippen LogP contribution < -0.4 is 5.32 Å². The van der Waals surface area contributed by atoms with Crippen molar-refractivity contribution in [2.45, 2.75) is 20.8 Å². The zero-order valence-electron chi connectivity index (χ0n) is 13.7. The number of hydrogen-bond acceptors (Lipinski definition) is 2. The maximum absolute atomic E-state index is 13.6. The number of nitrogens with one attached hydrogen (secondary N) is 1. The molecule has 4 nitrogen and oxygen atoms in total. The number of fused-ring (bicyclic) bond motifs is 1. The number of nitrogens with zero attached hydrogens (tertiary/aromatic N) is 1. The van der Waals surface area contributed by atoms with Crippen molar-refractivity contribution in [3.63, 3.8) is 0 Å². The molecule has 0 spiro atoms. The SMILES string of the molecule is CC(=O)n1cc(C(=O)Nc2ccc(C)c(C)c2)c2cc(F)ccc21. The van der Waals surface area contributed by atoms with Crippen LogP contribution >= 0.6 is 0 Å². The Morgan fingerprint density at radius 1 is 1.04 bits per heavy atom. The molecule has 5 heteroatoms. The molecule has 1 aromatic heterocycles. The van der Waals surface area contributed by atoms with Crippen LogP contribution in [0.25, 0.3) is 10.9 Å². The molecule has 0 radical (unpaired) electrons. The van der Waals surface area contributed by atoms with Gasteiger partial charge in [0.15, 0.2) is 0 Å². The number of hydrogen-bond donors (Lipinski definition) is 1. The summed E-state index contributed by atoms with van der Waals surface area (Å²) in [6, 6.07) is 9.64. The molecule has 1 heterocycles. The van der Waals surface area contributed by atoms with E-state index in [0.29, 0.717) is 16.6 Å². The van der Waals surface area contributed by atoms with Crippen molar-refractivity contribution in [2.75, 3.05) is 5.32 Å². The Hall–Kier alpha value is -2.95. The number of benzene rings is 2. The molecule has 2 aromatic carbocycles. The Kier molecular flexibility index (Phi) is 3.93. The number of anilines is 1. The summed E-state index contributed by atoms with van der Waals surface area (Å²) in [5.74, 6) is -1.07. The summed E-state index contributed by atoms with van der Waals surface area (Å²) in [6.07, 6.45) is 1.45. The maximum atomic E-state index is 13.6. The number of carbonyl (C=O) groups excluding carboxylic acids is 2. The van der Waals surface area contributed by atoms with Crippen molar-refractivity contribution < 1.29 is 14.0 Å². The molecule has 0 aliphatic carbocycles. The molecule has 0 aliphatic rings. The molecule has 3 aromatic rings. The van der Waals surface area contributed by atoms with Crippen molar-refractivity contribution in [1.29, 1.82) is 0 Å². The Bertz CT molecular complexity index is 973. The molecular weight excluding hydrogens is 307 g/mol. The highest BCUT2D eigenvalue weighted by Crippen LogP contribution is 2.24. The minimum atomic E-state index is -0.455. The number of rotatable bonds is 2. The van der Waals surface area contributed by atoms with Gasteiger partial charge in [0.25, 0.3) is 5.91 Å². The van der Waals surface area contributed by atoms with Crippen LogP contribution in [0.2, 0.25) is 0 Å². The first-order valence-electron chi connectivity index (χ1n) is 7.57. The highest BCUT2D eigenvalue weighted by atomic mass is 19.1. The van der Waals surface area contributed by atoms with E-state index in [0.717, 1.165) is 11.1 Å². The molecule has 0 unspecified atom stereocenters. The van der Waals surface area contributed by atoms with E-state index in [4.69, 9.17) is 0 Å². The second kappa shape index (κ2) is 5.92. The van der Waals surface area contributed by atoms with Crippen molar-refractivity contribution in [3.8, 4) is 0 Å². The van der Waals surface area contributed by atoms with Crippen LogP contribution in [0.1, 0.15) is 33.2 Å². The number of aromatic nitrogens is 1. The van der Waals surface area contributed by atoms with Crippen molar-refractivity contribution in [3.05, 3.63) is 65.1 Å². The van der Waals surface area contributed by atoms with Gasteiger partial charge >= 0.3 is 0 Å². The lowest BCUT2D eigenvalue weighted by atomic mass is 10.1. The summed E-state index contributed by atoms with van der Waals surface area (Å²) in [7, 11) is 0. The van der Waals surface area contributed by atoms with Gasteiger partial charge in [0, 0.05) is 24.2 Å². The Balaban J connectivity index is 2.04. The van der Waals surface area contributed by atoms with E-state index in [2.05, 4.69) is 5.32 Å². The molecule has 0 fully saturated rings. The minimum Gasteiger partial charge on any atom is -0.322 e. The van der Waals surface area contributed by atoms with E-state index >= 15 is 0 Å². The van der Waals surface area contributed by atoms with Gasteiger partial charge in [0.05, 0.1) is 11.1 Å². The fourth-order valence-corrected chi connectivity index (χ4v) is 2.66. The van der Waals surface area contributed by atoms with Crippen LogP contribution in [0.3, 0.4) is 0 Å². The van der Waals surface area contributed by atoms with Gasteiger partial charge in [-0.1, -0.05) is 6.07 Å². The Morgan fingerprint density at radius 3 is 2.46 bits per heavy atom. The molecule has 122 valence electrons. The number of aryl methyl sites for hydroxylation is 2. The van der Waals surface area contributed by atoms with E-state index in [-0.39, 0.29) is 17.4 Å². The van der Waals surface area contributed by atoms with Gasteiger partial charge in [0.1, 0.15) is 5.82 Å². The smallest absolute Gasteiger partial charge is 0.257 e. The first-order chi connectivity index (χ1) is 11.4. The van der Waals surface area contributed by atoms with E-state index in [9.17, 15) is 14.0 Å². The highest BCUT2D eigenvalue weighted by Gasteiger charge is 2.17. The molecule has 1 amide bonds. The first kappa shape index (κ1) is 15.9. The second-order valence-electron chi connectivity index (χ2n) is 5.85. The predicted molar refractivity (Wildman–Crippen MR) is 92.1 cm³/mol. The topological polar surface area (TPSA) is 51.1 Å². The lowest BCUT2D eigenvalue weighted by molar-refractivity contribution is 0.0941. The minimum absolute atomic E-state index is 0.239. The molecule has 0 saturated heterocycles. The molecule has 0 aliphatic heterocycles. The van der Waals surface area contributed by atoms with Gasteiger partial charge in [-0.25, -0.2) is 4.39 Å². The summed E-state index contributed by atoms with van der Waals surface area (Å²) in [6.45, 7) is 5.35. The van der Waals surface area contributed by atoms with Crippen molar-refractivity contribution in [2.24, 2.45) is 0 Å². The lowest BCUT2D eigenvalue weighted by Crippen LogP contribution is -2.12. The normalized spacial score (nSPS) is 10.8. The third-order valence-electron chi connectivity index (χ3n) is 4.12. The molecule has 0 bridgehead atoms. The Morgan fingerprint density at radius 2 is 1.79 bits per heavy atom. The molecule has 0 atom stereocenters. The second-order valence-corrected chi connectivity index (χ2v) is 5.85. The van der Waals surface area contributed by atoms with E-state index in [1.165, 1.54) is 35.9 Å². The fraction of sp³-hybridized carbons (Fsp3) is 0.158. The van der Waals surface area contributed by atoms with Crippen LogP contribution in [0, 0.1) is 19.7 Å². The maximum Gasteiger partial charge on any atom is 0.257 e. The summed E-state index contributed by atoms with van der Waals surface area (Å²) in [5.41, 5.74) is 3.61. The third kappa shape index (κ3) is 2.80. The monoisotopic (exact) mass is 324 g/mol. The van der Waals surface area contributed by atoms with Crippen LogP contribution in [0.5, 0.6) is 0 Å². The number of amides is 1. The Labute approximate surface area is 138 Å². The summed E-state index contributed by atoms with van der Waals surface area (Å²) < 4.78 is 14.9. The van der Waals surface area contributed by atoms with Gasteiger partial charge in [-0.15, -0.1) is 0 Å². The van der Waals surface area contributed by atoms with E-state index < -0.39 is 5.82 Å². The van der Waals surface area contributed by atoms with Gasteiger partial charge in [-0.3, -0.25) is 14.2 Å². The zero-order valence-corrected chi connectivity index (χ0v) is 13.7. The van der Waals surface area contributed by atoms with Crippen molar-refractivity contribution >= 4 is 28.4 Å². The zero-order chi connectivity index (χ0) is 17.4. The number of halogens is 1. The van der Waals surface area contributed by atoms with Crippen molar-refractivity contribution in [1.82, 2.24) is 4.57 Å². The average molecular weight is 324 g/mol. The number of carbonyl (C=O) groups is 2. The van der Waals surface area contributed by atoms with Crippen LogP contribution in [0.4, 0.5) is 10.1 Å². The predicted octanol–water partition coefficient (Wildman–Crippen LogP) is 4.31. The summed E-state index contributed by atoms with van der Waals surface area (Å²) in [4.78, 5) is 24.4. The molecule has 1 N–H and O–H groups in total. The van der Waals surface area contributed by atoms with Gasteiger partial charge < -0.3 is 5.32 Å². The van der Waals surface area contributed by atoms with Crippen LogP contribution in [-0.2, 0) is 0 Å². The van der Waals surface area contributed by atoms with E-state index in [1.807, 2.05) is 32.0 Å². The first-order valence-corrected chi connectivity index (χ1v) is 7.57. The van der Waals surface area contributed by atoms with Crippen LogP contribution in [-0.4, -0.2) is 16.4 Å². The molecule has 24 heavy (non-hydrogen) atoms. The van der Waals surface area contributed by atoms with Gasteiger partial charge in [-0.05, 0) is 55.3 Å². The summed E-state index contributed by atoms with van der Waals surface area (Å²) >= 11 is 0. The van der Waals surface area contributed by atoms with Gasteiger partial charge in [-0.2, -0.15) is 0 Å². The molecule has 3 rings (SSSR count). The average Bonchev–Trinajstić information content (AvgIpc) is 2.90. The summed E-state index contributed by atoms with van der Waals surface area (Å²) in [5, 5.41) is 3.21. The molecular formula is C19H17FN2O2. The molecule has 0 saturated carbocycles. The third-order valence-corrected chi connectivity index (χ3v) is 4.12. The lowest BCUT2D eigenvalue weighted by Gasteiger charge is -2.07. The van der Waals surface area contributed by atoms with Crippen LogP contribution in [0.15, 0.2) is 42.6 Å². The standard InChI is InChI=1S/C19H17FN2O2/c1-11-4-6-15(8-12(11)2)21-19(24)17-10-22(13(3)23)18-7-5-14(20)9-16(17)18/h4-10H,1-3H3,(H,21,24). The van der Waals surface area contributed by atoms with E-state index in [1.54, 1.807) is 0 Å². The highest BCUT2D eigenvalue weighted by molar-refractivity contribution is 6.14. The quantitative estimate of drug-likeness (QED) is 0.763. The van der Waals surface area contributed by atoms with Gasteiger partial charge in [0.2, 0.25) is 5.91 Å². The largest absolute Gasteiger partial charge is 0.322 e. The fourth-order valence-electron chi connectivity index (χ4n) is 2.66.